The van der Waals surface area contributed by atoms with Gasteiger partial charge in [0.05, 0.1) is 19.6 Å². The minimum absolute atomic E-state index is 0.102. The Morgan fingerprint density at radius 2 is 1.95 bits per heavy atom. The number of carbonyl (C=O) groups excluding carboxylic acids is 2. The monoisotopic (exact) mass is 287 g/mol. The molecular weight excluding hydrogens is 274 g/mol. The number of benzene rings is 1. The van der Waals surface area contributed by atoms with E-state index in [4.69, 9.17) is 10.3 Å². The molecule has 0 saturated carbocycles. The van der Waals surface area contributed by atoms with Gasteiger partial charge in [-0.3, -0.25) is 14.9 Å². The molecule has 0 unspecified atom stereocenters. The molecule has 3 N–H and O–H groups in total. The van der Waals surface area contributed by atoms with E-state index in [1.807, 2.05) is 12.1 Å². The molecule has 0 aliphatic carbocycles. The molecule has 1 saturated heterocycles. The maximum absolute atomic E-state index is 11.5. The Morgan fingerprint density at radius 3 is 2.62 bits per heavy atom. The van der Waals surface area contributed by atoms with Crippen molar-refractivity contribution in [2.24, 2.45) is 5.73 Å². The van der Waals surface area contributed by atoms with Gasteiger partial charge >= 0.3 is 0 Å². The Balaban J connectivity index is 1.99. The van der Waals surface area contributed by atoms with Crippen molar-refractivity contribution >= 4 is 17.5 Å². The number of hydrogen-bond acceptors (Lipinski definition) is 7. The molecule has 2 amide bonds. The number of rotatable bonds is 3. The Kier molecular flexibility index (Phi) is 3.36. The van der Waals surface area contributed by atoms with Crippen LogP contribution in [0.5, 0.6) is 0 Å². The third-order valence-electron chi connectivity index (χ3n) is 3.08. The van der Waals surface area contributed by atoms with E-state index < -0.39 is 0 Å². The molecule has 0 atom stereocenters. The van der Waals surface area contributed by atoms with Crippen molar-refractivity contribution in [2.75, 3.05) is 18.0 Å². The van der Waals surface area contributed by atoms with E-state index in [1.165, 1.54) is 0 Å². The van der Waals surface area contributed by atoms with Gasteiger partial charge in [-0.1, -0.05) is 17.3 Å². The van der Waals surface area contributed by atoms with Gasteiger partial charge in [0, 0.05) is 11.3 Å². The zero-order valence-electron chi connectivity index (χ0n) is 11.1. The summed E-state index contributed by atoms with van der Waals surface area (Å²) in [5.41, 5.74) is 6.84. The average molecular weight is 287 g/mol. The second-order valence-corrected chi connectivity index (χ2v) is 4.56. The minimum atomic E-state index is -0.336. The Hall–Kier alpha value is -2.74. The van der Waals surface area contributed by atoms with Crippen LogP contribution in [-0.2, 0) is 16.1 Å². The fourth-order valence-electron chi connectivity index (χ4n) is 2.19. The molecule has 1 aliphatic rings. The molecule has 21 heavy (non-hydrogen) atoms. The van der Waals surface area contributed by atoms with E-state index in [-0.39, 0.29) is 31.4 Å². The standard InChI is InChI=1S/C13H13N5O3/c14-5-12-16-13(17-21-12)8-3-1-2-4-9(8)18-6-10(19)15-11(20)7-18/h1-4H,5-7,14H2,(H,15,19,20). The van der Waals surface area contributed by atoms with Gasteiger partial charge in [-0.25, -0.2) is 0 Å². The molecule has 1 aromatic carbocycles. The second-order valence-electron chi connectivity index (χ2n) is 4.56. The van der Waals surface area contributed by atoms with Crippen molar-refractivity contribution in [3.63, 3.8) is 0 Å². The molecule has 0 spiro atoms. The van der Waals surface area contributed by atoms with Crippen LogP contribution in [0.15, 0.2) is 28.8 Å². The van der Waals surface area contributed by atoms with Gasteiger partial charge in [-0.2, -0.15) is 4.98 Å². The molecular formula is C13H13N5O3. The maximum atomic E-state index is 11.5. The van der Waals surface area contributed by atoms with E-state index in [1.54, 1.807) is 17.0 Å². The normalized spacial score (nSPS) is 15.2. The van der Waals surface area contributed by atoms with Crippen molar-refractivity contribution < 1.29 is 14.1 Å². The first-order chi connectivity index (χ1) is 10.2. The number of nitrogens with zero attached hydrogens (tertiary/aromatic N) is 3. The number of para-hydroxylation sites is 1. The highest BCUT2D eigenvalue weighted by Gasteiger charge is 2.25. The summed E-state index contributed by atoms with van der Waals surface area (Å²) in [6.07, 6.45) is 0. The number of amides is 2. The van der Waals surface area contributed by atoms with Crippen LogP contribution in [-0.4, -0.2) is 35.0 Å². The zero-order chi connectivity index (χ0) is 14.8. The third kappa shape index (κ3) is 2.61. The number of nitrogens with one attached hydrogen (secondary N) is 1. The van der Waals surface area contributed by atoms with Gasteiger partial charge in [0.1, 0.15) is 0 Å². The topological polar surface area (TPSA) is 114 Å². The highest BCUT2D eigenvalue weighted by atomic mass is 16.5. The van der Waals surface area contributed by atoms with E-state index in [0.29, 0.717) is 23.0 Å². The van der Waals surface area contributed by atoms with Crippen LogP contribution in [0.4, 0.5) is 5.69 Å². The molecule has 0 bridgehead atoms. The lowest BCUT2D eigenvalue weighted by Crippen LogP contribution is -2.51. The lowest BCUT2D eigenvalue weighted by Gasteiger charge is -2.28. The Bertz CT molecular complexity index is 681. The van der Waals surface area contributed by atoms with E-state index in [9.17, 15) is 9.59 Å². The van der Waals surface area contributed by atoms with Crippen LogP contribution >= 0.6 is 0 Å². The summed E-state index contributed by atoms with van der Waals surface area (Å²) in [4.78, 5) is 28.9. The maximum Gasteiger partial charge on any atom is 0.246 e. The summed E-state index contributed by atoms with van der Waals surface area (Å²) < 4.78 is 5.00. The van der Waals surface area contributed by atoms with Gasteiger partial charge in [0.25, 0.3) is 0 Å². The van der Waals surface area contributed by atoms with Gasteiger partial charge in [0.15, 0.2) is 0 Å². The molecule has 8 nitrogen and oxygen atoms in total. The first kappa shape index (κ1) is 13.3. The minimum Gasteiger partial charge on any atom is -0.352 e. The molecule has 2 aromatic rings. The third-order valence-corrected chi connectivity index (χ3v) is 3.08. The van der Waals surface area contributed by atoms with Crippen molar-refractivity contribution in [1.29, 1.82) is 0 Å². The van der Waals surface area contributed by atoms with Crippen molar-refractivity contribution in [1.82, 2.24) is 15.5 Å². The lowest BCUT2D eigenvalue weighted by atomic mass is 10.1. The van der Waals surface area contributed by atoms with Gasteiger partial charge < -0.3 is 15.2 Å². The van der Waals surface area contributed by atoms with Crippen LogP contribution in [0, 0.1) is 0 Å². The molecule has 2 heterocycles. The first-order valence-electron chi connectivity index (χ1n) is 6.37. The predicted molar refractivity (Wildman–Crippen MR) is 73.0 cm³/mol. The van der Waals surface area contributed by atoms with Gasteiger partial charge in [-0.05, 0) is 12.1 Å². The quantitative estimate of drug-likeness (QED) is 0.742. The van der Waals surface area contributed by atoms with Crippen LogP contribution in [0.1, 0.15) is 5.89 Å². The molecule has 8 heteroatoms. The smallest absolute Gasteiger partial charge is 0.246 e. The van der Waals surface area contributed by atoms with Crippen molar-refractivity contribution in [3.8, 4) is 11.4 Å². The zero-order valence-corrected chi connectivity index (χ0v) is 11.1. The van der Waals surface area contributed by atoms with Crippen LogP contribution in [0.3, 0.4) is 0 Å². The van der Waals surface area contributed by atoms with Gasteiger partial charge in [-0.15, -0.1) is 0 Å². The average Bonchev–Trinajstić information content (AvgIpc) is 2.95. The van der Waals surface area contributed by atoms with E-state index >= 15 is 0 Å². The Labute approximate surface area is 119 Å². The van der Waals surface area contributed by atoms with Crippen LogP contribution in [0.25, 0.3) is 11.4 Å². The summed E-state index contributed by atoms with van der Waals surface area (Å²) in [6.45, 7) is 0.356. The highest BCUT2D eigenvalue weighted by Crippen LogP contribution is 2.29. The number of aromatic nitrogens is 2. The number of imide groups is 1. The SMILES string of the molecule is NCc1nc(-c2ccccc2N2CC(=O)NC(=O)C2)no1. The fourth-order valence-corrected chi connectivity index (χ4v) is 2.19. The predicted octanol–water partition coefficient (Wildman–Crippen LogP) is -0.342. The number of piperazine rings is 1. The fraction of sp³-hybridized carbons (Fsp3) is 0.231. The number of carbonyl (C=O) groups is 2. The summed E-state index contributed by atoms with van der Waals surface area (Å²) in [5, 5.41) is 6.14. The molecule has 0 radical (unpaired) electrons. The van der Waals surface area contributed by atoms with Gasteiger partial charge in [0.2, 0.25) is 23.5 Å². The van der Waals surface area contributed by atoms with Crippen molar-refractivity contribution in [3.05, 3.63) is 30.2 Å². The van der Waals surface area contributed by atoms with Crippen LogP contribution < -0.4 is 16.0 Å². The highest BCUT2D eigenvalue weighted by molar-refractivity contribution is 6.03. The van der Waals surface area contributed by atoms with Crippen LogP contribution in [0.2, 0.25) is 0 Å². The Morgan fingerprint density at radius 1 is 1.24 bits per heavy atom. The lowest BCUT2D eigenvalue weighted by molar-refractivity contribution is -0.130. The largest absolute Gasteiger partial charge is 0.352 e. The first-order valence-corrected chi connectivity index (χ1v) is 6.37. The summed E-state index contributed by atoms with van der Waals surface area (Å²) >= 11 is 0. The molecule has 3 rings (SSSR count). The number of anilines is 1. The summed E-state index contributed by atoms with van der Waals surface area (Å²) in [6, 6.07) is 7.25. The number of hydrogen-bond donors (Lipinski definition) is 2. The summed E-state index contributed by atoms with van der Waals surface area (Å²) in [5.74, 6) is 0.0328. The van der Waals surface area contributed by atoms with E-state index in [2.05, 4.69) is 15.5 Å². The molecule has 1 aliphatic heterocycles. The van der Waals surface area contributed by atoms with Crippen molar-refractivity contribution in [2.45, 2.75) is 6.54 Å². The summed E-state index contributed by atoms with van der Waals surface area (Å²) in [7, 11) is 0. The second kappa shape index (κ2) is 5.33. The molecule has 1 fully saturated rings. The van der Waals surface area contributed by atoms with E-state index in [0.717, 1.165) is 0 Å². The number of nitrogens with two attached hydrogens (primary N) is 1. The molecule has 108 valence electrons. The molecule has 1 aromatic heterocycles.